The zero-order valence-electron chi connectivity index (χ0n) is 14.9. The summed E-state index contributed by atoms with van der Waals surface area (Å²) in [5, 5.41) is 3.94. The van der Waals surface area contributed by atoms with Gasteiger partial charge in [0.2, 0.25) is 15.9 Å². The number of hydrogen-bond donors (Lipinski definition) is 1. The molecule has 0 unspecified atom stereocenters. The van der Waals surface area contributed by atoms with Crippen LogP contribution in [0.2, 0.25) is 10.0 Å². The Labute approximate surface area is 183 Å². The Morgan fingerprint density at radius 1 is 1.11 bits per heavy atom. The van der Waals surface area contributed by atoms with E-state index in [9.17, 15) is 13.2 Å². The largest absolute Gasteiger partial charge is 0.326 e. The average Bonchev–Trinajstić information content (AvgIpc) is 2.66. The first kappa shape index (κ1) is 21.6. The molecule has 0 aliphatic carbocycles. The lowest BCUT2D eigenvalue weighted by atomic mass is 9.97. The number of halogens is 3. The third-order valence-electron chi connectivity index (χ3n) is 4.67. The van der Waals surface area contributed by atoms with Gasteiger partial charge in [-0.25, -0.2) is 12.7 Å². The summed E-state index contributed by atoms with van der Waals surface area (Å²) in [5.41, 5.74) is 1.31. The Hall–Kier alpha value is -1.12. The molecule has 1 saturated heterocycles. The van der Waals surface area contributed by atoms with Crippen molar-refractivity contribution in [3.63, 3.8) is 0 Å². The first-order valence-electron chi connectivity index (χ1n) is 8.73. The third kappa shape index (κ3) is 5.48. The lowest BCUT2D eigenvalue weighted by Crippen LogP contribution is -2.41. The molecule has 0 aromatic heterocycles. The fraction of sp³-hybridized carbons (Fsp3) is 0.316. The van der Waals surface area contributed by atoms with E-state index in [4.69, 9.17) is 23.2 Å². The Morgan fingerprint density at radius 2 is 1.75 bits per heavy atom. The van der Waals surface area contributed by atoms with Gasteiger partial charge in [0.1, 0.15) is 0 Å². The molecule has 2 aromatic carbocycles. The normalized spacial score (nSPS) is 16.1. The van der Waals surface area contributed by atoms with Crippen molar-refractivity contribution >= 4 is 60.7 Å². The summed E-state index contributed by atoms with van der Waals surface area (Å²) in [6.07, 6.45) is 0.964. The standard InChI is InChI=1S/C19H19BrCl2N2O3S/c20-17-6-5-16(11-18(17)22)23-19(25)14-7-9-24(10-8-14)28(26,27)12-13-1-3-15(21)4-2-13/h1-6,11,14H,7-10,12H2,(H,23,25). The molecule has 0 atom stereocenters. The molecule has 9 heteroatoms. The molecule has 3 rings (SSSR count). The third-order valence-corrected chi connectivity index (χ3v) is 8.00. The summed E-state index contributed by atoms with van der Waals surface area (Å²) in [5.74, 6) is -0.421. The van der Waals surface area contributed by atoms with Gasteiger partial charge in [0.15, 0.2) is 0 Å². The number of rotatable bonds is 5. The van der Waals surface area contributed by atoms with Gasteiger partial charge in [-0.3, -0.25) is 4.79 Å². The number of hydrogen-bond acceptors (Lipinski definition) is 3. The maximum absolute atomic E-state index is 12.7. The Kier molecular flexibility index (Phi) is 7.04. The van der Waals surface area contributed by atoms with Crippen molar-refractivity contribution in [2.24, 2.45) is 5.92 Å². The lowest BCUT2D eigenvalue weighted by molar-refractivity contribution is -0.120. The zero-order valence-corrected chi connectivity index (χ0v) is 18.8. The van der Waals surface area contributed by atoms with Gasteiger partial charge in [-0.05, 0) is 64.7 Å². The molecule has 1 aliphatic rings. The first-order chi connectivity index (χ1) is 13.2. The molecule has 0 radical (unpaired) electrons. The average molecular weight is 506 g/mol. The molecule has 0 saturated carbocycles. The number of amides is 1. The molecule has 5 nitrogen and oxygen atoms in total. The molecule has 1 N–H and O–H groups in total. The van der Waals surface area contributed by atoms with Gasteiger partial charge in [0.25, 0.3) is 0 Å². The van der Waals surface area contributed by atoms with Crippen LogP contribution in [0.5, 0.6) is 0 Å². The molecule has 1 aliphatic heterocycles. The van der Waals surface area contributed by atoms with E-state index in [2.05, 4.69) is 21.2 Å². The highest BCUT2D eigenvalue weighted by atomic mass is 79.9. The maximum Gasteiger partial charge on any atom is 0.227 e. The van der Waals surface area contributed by atoms with Crippen LogP contribution in [0.15, 0.2) is 46.9 Å². The second kappa shape index (κ2) is 9.13. The van der Waals surface area contributed by atoms with E-state index in [-0.39, 0.29) is 17.6 Å². The van der Waals surface area contributed by atoms with Crippen molar-refractivity contribution in [2.45, 2.75) is 18.6 Å². The lowest BCUT2D eigenvalue weighted by Gasteiger charge is -2.30. The van der Waals surface area contributed by atoms with Crippen molar-refractivity contribution < 1.29 is 13.2 Å². The van der Waals surface area contributed by atoms with Crippen LogP contribution in [0.4, 0.5) is 5.69 Å². The summed E-state index contributed by atoms with van der Waals surface area (Å²) < 4.78 is 27.5. The van der Waals surface area contributed by atoms with Crippen LogP contribution in [0.25, 0.3) is 0 Å². The van der Waals surface area contributed by atoms with Crippen LogP contribution in [0, 0.1) is 5.92 Å². The Morgan fingerprint density at radius 3 is 2.36 bits per heavy atom. The molecule has 0 spiro atoms. The number of nitrogens with zero attached hydrogens (tertiary/aromatic N) is 1. The molecule has 1 heterocycles. The number of piperidine rings is 1. The zero-order chi connectivity index (χ0) is 20.3. The molecular formula is C19H19BrCl2N2O3S. The number of benzene rings is 2. The minimum absolute atomic E-state index is 0.0710. The van der Waals surface area contributed by atoms with Crippen LogP contribution in [0.3, 0.4) is 0 Å². The van der Waals surface area contributed by atoms with E-state index >= 15 is 0 Å². The van der Waals surface area contributed by atoms with E-state index in [1.807, 2.05) is 0 Å². The molecule has 150 valence electrons. The molecule has 28 heavy (non-hydrogen) atoms. The highest BCUT2D eigenvalue weighted by Crippen LogP contribution is 2.27. The summed E-state index contributed by atoms with van der Waals surface area (Å²) in [6, 6.07) is 12.0. The van der Waals surface area contributed by atoms with E-state index in [1.54, 1.807) is 42.5 Å². The van der Waals surface area contributed by atoms with Crippen molar-refractivity contribution in [2.75, 3.05) is 18.4 Å². The van der Waals surface area contributed by atoms with Crippen molar-refractivity contribution in [1.29, 1.82) is 0 Å². The minimum Gasteiger partial charge on any atom is -0.326 e. The van der Waals surface area contributed by atoms with Crippen LogP contribution < -0.4 is 5.32 Å². The number of carbonyl (C=O) groups is 1. The predicted octanol–water partition coefficient (Wildman–Crippen LogP) is 4.94. The van der Waals surface area contributed by atoms with Crippen LogP contribution in [-0.4, -0.2) is 31.7 Å². The molecule has 1 amide bonds. The van der Waals surface area contributed by atoms with Crippen LogP contribution in [0.1, 0.15) is 18.4 Å². The Balaban J connectivity index is 1.56. The summed E-state index contributed by atoms with van der Waals surface area (Å²) >= 11 is 15.2. The van der Waals surface area contributed by atoms with E-state index in [1.165, 1.54) is 4.31 Å². The summed E-state index contributed by atoms with van der Waals surface area (Å²) in [6.45, 7) is 0.657. The van der Waals surface area contributed by atoms with Gasteiger partial charge in [0.05, 0.1) is 10.8 Å². The monoisotopic (exact) mass is 504 g/mol. The van der Waals surface area contributed by atoms with E-state index in [0.29, 0.717) is 47.2 Å². The molecule has 2 aromatic rings. The van der Waals surface area contributed by atoms with Crippen LogP contribution >= 0.6 is 39.1 Å². The molecular weight excluding hydrogens is 487 g/mol. The van der Waals surface area contributed by atoms with Gasteiger partial charge in [0, 0.05) is 34.2 Å². The van der Waals surface area contributed by atoms with E-state index < -0.39 is 10.0 Å². The smallest absolute Gasteiger partial charge is 0.227 e. The maximum atomic E-state index is 12.7. The van der Waals surface area contributed by atoms with Crippen molar-refractivity contribution in [1.82, 2.24) is 4.31 Å². The van der Waals surface area contributed by atoms with E-state index in [0.717, 1.165) is 4.47 Å². The van der Waals surface area contributed by atoms with Crippen molar-refractivity contribution in [3.8, 4) is 0 Å². The topological polar surface area (TPSA) is 66.5 Å². The number of carbonyl (C=O) groups excluding carboxylic acids is 1. The summed E-state index contributed by atoms with van der Waals surface area (Å²) in [4.78, 5) is 12.5. The SMILES string of the molecule is O=C(Nc1ccc(Br)c(Cl)c1)C1CCN(S(=O)(=O)Cc2ccc(Cl)cc2)CC1. The number of sulfonamides is 1. The number of anilines is 1. The fourth-order valence-corrected chi connectivity index (χ4v) is 5.21. The quantitative estimate of drug-likeness (QED) is 0.626. The molecule has 1 fully saturated rings. The second-order valence-corrected chi connectivity index (χ2v) is 10.3. The highest BCUT2D eigenvalue weighted by molar-refractivity contribution is 9.10. The summed E-state index contributed by atoms with van der Waals surface area (Å²) in [7, 11) is -3.43. The second-order valence-electron chi connectivity index (χ2n) is 6.67. The first-order valence-corrected chi connectivity index (χ1v) is 11.9. The Bertz CT molecular complexity index is 960. The minimum atomic E-state index is -3.43. The van der Waals surface area contributed by atoms with Gasteiger partial charge >= 0.3 is 0 Å². The highest BCUT2D eigenvalue weighted by Gasteiger charge is 2.31. The van der Waals surface area contributed by atoms with Gasteiger partial charge in [-0.2, -0.15) is 0 Å². The number of nitrogens with one attached hydrogen (secondary N) is 1. The van der Waals surface area contributed by atoms with Gasteiger partial charge in [-0.1, -0.05) is 35.3 Å². The van der Waals surface area contributed by atoms with Gasteiger partial charge < -0.3 is 5.32 Å². The predicted molar refractivity (Wildman–Crippen MR) is 116 cm³/mol. The molecule has 0 bridgehead atoms. The van der Waals surface area contributed by atoms with Gasteiger partial charge in [-0.15, -0.1) is 0 Å². The van der Waals surface area contributed by atoms with Crippen LogP contribution in [-0.2, 0) is 20.6 Å². The fourth-order valence-electron chi connectivity index (χ4n) is 3.10. The van der Waals surface area contributed by atoms with Crippen molar-refractivity contribution in [3.05, 3.63) is 62.5 Å².